The second-order valence-electron chi connectivity index (χ2n) is 3.77. The second kappa shape index (κ2) is 5.94. The Morgan fingerprint density at radius 1 is 1.38 bits per heavy atom. The summed E-state index contributed by atoms with van der Waals surface area (Å²) in [6, 6.07) is 0. The molecule has 4 N–H and O–H groups in total. The number of aliphatic hydroxyl groups is 1. The molecule has 0 aliphatic rings. The molecular weight excluding hydrogens is 168 g/mol. The minimum atomic E-state index is -0.361. The van der Waals surface area contributed by atoms with Gasteiger partial charge in [-0.15, -0.1) is 0 Å². The van der Waals surface area contributed by atoms with E-state index in [1.54, 1.807) is 6.92 Å². The Bertz CT molecular complexity index is 160. The maximum Gasteiger partial charge on any atom is 0.221 e. The summed E-state index contributed by atoms with van der Waals surface area (Å²) < 4.78 is 0. The summed E-state index contributed by atoms with van der Waals surface area (Å²) in [6.45, 7) is 6.69. The molecule has 4 nitrogen and oxygen atoms in total. The molecule has 0 rings (SSSR count). The lowest BCUT2D eigenvalue weighted by Crippen LogP contribution is -2.36. The van der Waals surface area contributed by atoms with Crippen LogP contribution in [-0.2, 0) is 4.79 Å². The van der Waals surface area contributed by atoms with Crippen molar-refractivity contribution in [3.05, 3.63) is 0 Å². The van der Waals surface area contributed by atoms with Gasteiger partial charge in [-0.1, -0.05) is 20.8 Å². The number of carbonyl (C=O) groups excluding carboxylic acids is 1. The number of carbonyl (C=O) groups is 1. The van der Waals surface area contributed by atoms with Crippen molar-refractivity contribution >= 4 is 5.91 Å². The van der Waals surface area contributed by atoms with E-state index in [1.165, 1.54) is 0 Å². The highest BCUT2D eigenvalue weighted by Gasteiger charge is 2.11. The van der Waals surface area contributed by atoms with Crippen LogP contribution in [0.25, 0.3) is 0 Å². The number of primary amides is 1. The zero-order valence-corrected chi connectivity index (χ0v) is 8.58. The summed E-state index contributed by atoms with van der Waals surface area (Å²) >= 11 is 0. The Hall–Kier alpha value is -0.610. The Kier molecular flexibility index (Phi) is 5.66. The third kappa shape index (κ3) is 5.60. The summed E-state index contributed by atoms with van der Waals surface area (Å²) in [4.78, 5) is 10.6. The van der Waals surface area contributed by atoms with Gasteiger partial charge in [-0.25, -0.2) is 0 Å². The number of rotatable bonds is 6. The van der Waals surface area contributed by atoms with E-state index in [1.807, 2.05) is 13.8 Å². The molecule has 0 radical (unpaired) electrons. The van der Waals surface area contributed by atoms with Crippen molar-refractivity contribution in [2.75, 3.05) is 13.1 Å². The maximum absolute atomic E-state index is 10.6. The van der Waals surface area contributed by atoms with Gasteiger partial charge in [-0.2, -0.15) is 0 Å². The lowest BCUT2D eigenvalue weighted by molar-refractivity contribution is -0.121. The predicted octanol–water partition coefficient (Wildman–Crippen LogP) is -0.286. The van der Waals surface area contributed by atoms with E-state index in [9.17, 15) is 9.90 Å². The summed E-state index contributed by atoms with van der Waals surface area (Å²) in [5.41, 5.74) is 5.07. The first-order valence-corrected chi connectivity index (χ1v) is 4.63. The molecule has 0 aliphatic carbocycles. The normalized spacial score (nSPS) is 15.8. The van der Waals surface area contributed by atoms with Crippen LogP contribution in [-0.4, -0.2) is 30.2 Å². The third-order valence-electron chi connectivity index (χ3n) is 2.06. The van der Waals surface area contributed by atoms with Crippen molar-refractivity contribution in [1.29, 1.82) is 0 Å². The Morgan fingerprint density at radius 2 is 1.92 bits per heavy atom. The summed E-state index contributed by atoms with van der Waals surface area (Å²) in [7, 11) is 0. The van der Waals surface area contributed by atoms with Crippen LogP contribution in [0, 0.1) is 11.8 Å². The Balaban J connectivity index is 3.50. The molecule has 1 amide bonds. The summed E-state index contributed by atoms with van der Waals surface area (Å²) in [5.74, 6) is -0.262. The van der Waals surface area contributed by atoms with Crippen LogP contribution < -0.4 is 11.1 Å². The molecule has 0 aliphatic heterocycles. The highest BCUT2D eigenvalue weighted by molar-refractivity contribution is 5.76. The standard InChI is InChI=1S/C9H20N2O2/c1-6(2)8(12)5-11-4-7(3)9(10)13/h6-8,11-12H,4-5H2,1-3H3,(H2,10,13). The van der Waals surface area contributed by atoms with Gasteiger partial charge in [0.2, 0.25) is 5.91 Å². The van der Waals surface area contributed by atoms with Gasteiger partial charge in [0.05, 0.1) is 6.10 Å². The van der Waals surface area contributed by atoms with Crippen molar-refractivity contribution in [3.63, 3.8) is 0 Å². The fourth-order valence-corrected chi connectivity index (χ4v) is 0.784. The molecule has 0 saturated carbocycles. The van der Waals surface area contributed by atoms with E-state index in [2.05, 4.69) is 5.32 Å². The molecule has 2 atom stereocenters. The lowest BCUT2D eigenvalue weighted by atomic mass is 10.1. The van der Waals surface area contributed by atoms with Gasteiger partial charge in [0.15, 0.2) is 0 Å². The van der Waals surface area contributed by atoms with Gasteiger partial charge < -0.3 is 16.2 Å². The van der Waals surface area contributed by atoms with Gasteiger partial charge in [0, 0.05) is 19.0 Å². The van der Waals surface area contributed by atoms with Crippen molar-refractivity contribution in [1.82, 2.24) is 5.32 Å². The molecule has 0 aromatic heterocycles. The quantitative estimate of drug-likeness (QED) is 0.536. The van der Waals surface area contributed by atoms with Crippen LogP contribution in [0.15, 0.2) is 0 Å². The van der Waals surface area contributed by atoms with Crippen LogP contribution in [0.4, 0.5) is 0 Å². The van der Waals surface area contributed by atoms with Crippen LogP contribution in [0.3, 0.4) is 0 Å². The van der Waals surface area contributed by atoms with Crippen LogP contribution in [0.1, 0.15) is 20.8 Å². The first kappa shape index (κ1) is 12.4. The largest absolute Gasteiger partial charge is 0.392 e. The van der Waals surface area contributed by atoms with Gasteiger partial charge in [-0.05, 0) is 5.92 Å². The zero-order chi connectivity index (χ0) is 10.4. The molecule has 0 spiro atoms. The smallest absolute Gasteiger partial charge is 0.221 e. The van der Waals surface area contributed by atoms with Crippen molar-refractivity contribution in [2.24, 2.45) is 17.6 Å². The molecule has 0 saturated heterocycles. The molecule has 4 heteroatoms. The molecule has 2 unspecified atom stereocenters. The first-order valence-electron chi connectivity index (χ1n) is 4.63. The molecular formula is C9H20N2O2. The van der Waals surface area contributed by atoms with Gasteiger partial charge in [-0.3, -0.25) is 4.79 Å². The fraction of sp³-hybridized carbons (Fsp3) is 0.889. The Labute approximate surface area is 79.5 Å². The van der Waals surface area contributed by atoms with E-state index < -0.39 is 0 Å². The average Bonchev–Trinajstić information content (AvgIpc) is 2.03. The third-order valence-corrected chi connectivity index (χ3v) is 2.06. The number of hydrogen-bond donors (Lipinski definition) is 3. The van der Waals surface area contributed by atoms with E-state index in [-0.39, 0.29) is 23.8 Å². The topological polar surface area (TPSA) is 75.3 Å². The number of nitrogens with two attached hydrogens (primary N) is 1. The number of amides is 1. The lowest BCUT2D eigenvalue weighted by Gasteiger charge is -2.16. The fourth-order valence-electron chi connectivity index (χ4n) is 0.784. The van der Waals surface area contributed by atoms with E-state index in [0.717, 1.165) is 0 Å². The number of hydrogen-bond acceptors (Lipinski definition) is 3. The molecule has 13 heavy (non-hydrogen) atoms. The minimum Gasteiger partial charge on any atom is -0.392 e. The summed E-state index contributed by atoms with van der Waals surface area (Å²) in [5, 5.41) is 12.4. The van der Waals surface area contributed by atoms with Crippen LogP contribution >= 0.6 is 0 Å². The van der Waals surface area contributed by atoms with Gasteiger partial charge in [0.25, 0.3) is 0 Å². The molecule has 0 heterocycles. The van der Waals surface area contributed by atoms with Gasteiger partial charge in [0.1, 0.15) is 0 Å². The van der Waals surface area contributed by atoms with Crippen molar-refractivity contribution in [3.8, 4) is 0 Å². The summed E-state index contributed by atoms with van der Waals surface area (Å²) in [6.07, 6.45) is -0.361. The predicted molar refractivity (Wildman–Crippen MR) is 52.1 cm³/mol. The molecule has 78 valence electrons. The maximum atomic E-state index is 10.6. The van der Waals surface area contributed by atoms with E-state index >= 15 is 0 Å². The first-order chi connectivity index (χ1) is 5.95. The van der Waals surface area contributed by atoms with Gasteiger partial charge >= 0.3 is 0 Å². The zero-order valence-electron chi connectivity index (χ0n) is 8.58. The minimum absolute atomic E-state index is 0.181. The van der Waals surface area contributed by atoms with E-state index in [4.69, 9.17) is 5.73 Å². The highest BCUT2D eigenvalue weighted by atomic mass is 16.3. The van der Waals surface area contributed by atoms with Crippen LogP contribution in [0.5, 0.6) is 0 Å². The molecule has 0 aromatic carbocycles. The molecule has 0 aromatic rings. The monoisotopic (exact) mass is 188 g/mol. The van der Waals surface area contributed by atoms with Crippen LogP contribution in [0.2, 0.25) is 0 Å². The number of aliphatic hydroxyl groups excluding tert-OH is 1. The van der Waals surface area contributed by atoms with Crippen molar-refractivity contribution < 1.29 is 9.90 Å². The average molecular weight is 188 g/mol. The Morgan fingerprint density at radius 3 is 2.31 bits per heavy atom. The molecule has 0 bridgehead atoms. The second-order valence-corrected chi connectivity index (χ2v) is 3.77. The number of nitrogens with one attached hydrogen (secondary N) is 1. The SMILES string of the molecule is CC(CNCC(O)C(C)C)C(N)=O. The van der Waals surface area contributed by atoms with E-state index in [0.29, 0.717) is 13.1 Å². The van der Waals surface area contributed by atoms with Crippen molar-refractivity contribution in [2.45, 2.75) is 26.9 Å². The molecule has 0 fully saturated rings. The highest BCUT2D eigenvalue weighted by Crippen LogP contribution is 1.99.